The first-order valence-corrected chi connectivity index (χ1v) is 10.4. The van der Waals surface area contributed by atoms with Crippen molar-refractivity contribution in [2.24, 2.45) is 5.92 Å². The van der Waals surface area contributed by atoms with Crippen LogP contribution in [0.15, 0.2) is 6.20 Å². The highest BCUT2D eigenvalue weighted by Crippen LogP contribution is 2.29. The minimum absolute atomic E-state index is 0.0439. The largest absolute Gasteiger partial charge is 0.379 e. The zero-order chi connectivity index (χ0) is 18.0. The van der Waals surface area contributed by atoms with E-state index >= 15 is 0 Å². The second kappa shape index (κ2) is 7.69. The maximum atomic E-state index is 13.0. The van der Waals surface area contributed by atoms with Crippen molar-refractivity contribution in [1.82, 2.24) is 20.0 Å². The molecule has 0 bridgehead atoms. The second-order valence-electron chi connectivity index (χ2n) is 8.55. The minimum Gasteiger partial charge on any atom is -0.379 e. The van der Waals surface area contributed by atoms with Gasteiger partial charge in [0.25, 0.3) is 5.91 Å². The summed E-state index contributed by atoms with van der Waals surface area (Å²) in [5.41, 5.74) is 1.17. The van der Waals surface area contributed by atoms with E-state index < -0.39 is 5.60 Å². The van der Waals surface area contributed by atoms with Gasteiger partial charge in [0.15, 0.2) is 5.60 Å². The van der Waals surface area contributed by atoms with Gasteiger partial charge < -0.3 is 10.0 Å². The number of fused-ring (bicyclic) bond motifs is 1. The molecule has 4 rings (SSSR count). The third-order valence-corrected chi connectivity index (χ3v) is 6.60. The number of hydrogen-bond donors (Lipinski definition) is 2. The molecule has 3 aliphatic rings. The van der Waals surface area contributed by atoms with Crippen LogP contribution in [0, 0.1) is 5.92 Å². The molecule has 26 heavy (non-hydrogen) atoms. The maximum absolute atomic E-state index is 13.0. The van der Waals surface area contributed by atoms with Crippen molar-refractivity contribution in [3.63, 3.8) is 0 Å². The molecule has 3 heterocycles. The van der Waals surface area contributed by atoms with Gasteiger partial charge in [0.2, 0.25) is 0 Å². The summed E-state index contributed by atoms with van der Waals surface area (Å²) in [6, 6.07) is 0. The lowest BCUT2D eigenvalue weighted by molar-refractivity contribution is -0.160. The van der Waals surface area contributed by atoms with Crippen LogP contribution in [-0.2, 0) is 17.8 Å². The van der Waals surface area contributed by atoms with Crippen molar-refractivity contribution < 1.29 is 9.90 Å². The normalized spacial score (nSPS) is 28.3. The van der Waals surface area contributed by atoms with Gasteiger partial charge in [-0.25, -0.2) is 0 Å². The van der Waals surface area contributed by atoms with Crippen molar-refractivity contribution in [1.29, 1.82) is 0 Å². The van der Waals surface area contributed by atoms with Gasteiger partial charge in [-0.2, -0.15) is 5.10 Å². The number of aromatic nitrogens is 2. The Morgan fingerprint density at radius 2 is 2.08 bits per heavy atom. The Morgan fingerprint density at radius 1 is 1.23 bits per heavy atom. The molecule has 1 saturated carbocycles. The third-order valence-electron chi connectivity index (χ3n) is 6.60. The second-order valence-corrected chi connectivity index (χ2v) is 8.55. The summed E-state index contributed by atoms with van der Waals surface area (Å²) in [5, 5.41) is 18.3. The van der Waals surface area contributed by atoms with Gasteiger partial charge in [-0.3, -0.25) is 14.8 Å². The van der Waals surface area contributed by atoms with Crippen LogP contribution >= 0.6 is 0 Å². The van der Waals surface area contributed by atoms with E-state index in [9.17, 15) is 9.90 Å². The lowest BCUT2D eigenvalue weighted by Gasteiger charge is -2.42. The first kappa shape index (κ1) is 18.0. The fourth-order valence-electron chi connectivity index (χ4n) is 5.02. The fraction of sp³-hybridized carbons (Fsp3) is 0.800. The number of H-pyrrole nitrogens is 1. The Bertz CT molecular complexity index is 625. The van der Waals surface area contributed by atoms with E-state index in [-0.39, 0.29) is 5.91 Å². The highest BCUT2D eigenvalue weighted by molar-refractivity contribution is 5.86. The van der Waals surface area contributed by atoms with Gasteiger partial charge in [0.1, 0.15) is 0 Å². The smallest absolute Gasteiger partial charge is 0.255 e. The number of amides is 1. The highest BCUT2D eigenvalue weighted by Gasteiger charge is 2.43. The zero-order valence-corrected chi connectivity index (χ0v) is 15.8. The topological polar surface area (TPSA) is 72.5 Å². The van der Waals surface area contributed by atoms with E-state index in [1.54, 1.807) is 0 Å². The summed E-state index contributed by atoms with van der Waals surface area (Å²) >= 11 is 0. The van der Waals surface area contributed by atoms with E-state index in [1.807, 2.05) is 11.1 Å². The van der Waals surface area contributed by atoms with Gasteiger partial charge >= 0.3 is 0 Å². The number of likely N-dealkylation sites (tertiary alicyclic amines) is 1. The lowest BCUT2D eigenvalue weighted by Crippen LogP contribution is -2.59. The first-order valence-electron chi connectivity index (χ1n) is 10.4. The number of hydrogen-bond acceptors (Lipinski definition) is 4. The Morgan fingerprint density at radius 3 is 2.92 bits per heavy atom. The summed E-state index contributed by atoms with van der Waals surface area (Å²) in [6.45, 7) is 3.70. The Labute approximate surface area is 155 Å². The van der Waals surface area contributed by atoms with E-state index in [0.29, 0.717) is 13.0 Å². The molecule has 6 nitrogen and oxygen atoms in total. The van der Waals surface area contributed by atoms with Gasteiger partial charge in [-0.05, 0) is 25.2 Å². The predicted molar refractivity (Wildman–Crippen MR) is 99.5 cm³/mol. The molecular formula is C20H32N4O2. The molecule has 0 aromatic carbocycles. The average Bonchev–Trinajstić information content (AvgIpc) is 3.12. The van der Waals surface area contributed by atoms with Crippen LogP contribution in [0.3, 0.4) is 0 Å². The Hall–Kier alpha value is -1.40. The molecule has 0 unspecified atom stereocenters. The van der Waals surface area contributed by atoms with Gasteiger partial charge in [0.05, 0.1) is 6.20 Å². The molecule has 1 aromatic heterocycles. The van der Waals surface area contributed by atoms with E-state index in [0.717, 1.165) is 51.4 Å². The molecule has 2 N–H and O–H groups in total. The fourth-order valence-corrected chi connectivity index (χ4v) is 5.02. The van der Waals surface area contributed by atoms with Crippen molar-refractivity contribution in [2.75, 3.05) is 26.2 Å². The average molecular weight is 361 g/mol. The molecule has 2 fully saturated rings. The van der Waals surface area contributed by atoms with Crippen LogP contribution in [0.1, 0.15) is 62.6 Å². The van der Waals surface area contributed by atoms with Crippen LogP contribution in [0.25, 0.3) is 0 Å². The molecule has 1 aliphatic carbocycles. The number of carbonyl (C=O) groups is 1. The van der Waals surface area contributed by atoms with Gasteiger partial charge in [-0.1, -0.05) is 32.1 Å². The number of rotatable bonds is 5. The number of β-amino-alcohol motifs (C(OH)–C–C–N with tert-alkyl or cyclic N) is 1. The standard InChI is InChI=1S/C20H32N4O2/c25-19-20(26,15-23-11-8-18-17(14-23)13-21-22-18)9-4-10-24(19)12-7-16-5-2-1-3-6-16/h13,16,26H,1-12,14-15H2,(H,21,22)/t20-/m1/s1. The molecule has 1 atom stereocenters. The van der Waals surface area contributed by atoms with E-state index in [1.165, 1.54) is 43.4 Å². The predicted octanol–water partition coefficient (Wildman–Crippen LogP) is 2.09. The van der Waals surface area contributed by atoms with Crippen molar-refractivity contribution in [3.8, 4) is 0 Å². The van der Waals surface area contributed by atoms with Crippen LogP contribution in [0.5, 0.6) is 0 Å². The number of aliphatic hydroxyl groups is 1. The number of nitrogens with zero attached hydrogens (tertiary/aromatic N) is 3. The summed E-state index contributed by atoms with van der Waals surface area (Å²) in [5.74, 6) is 0.728. The molecule has 2 aliphatic heterocycles. The van der Waals surface area contributed by atoms with Gasteiger partial charge in [0, 0.05) is 50.4 Å². The van der Waals surface area contributed by atoms with Crippen LogP contribution in [-0.4, -0.2) is 62.8 Å². The van der Waals surface area contributed by atoms with Crippen LogP contribution < -0.4 is 0 Å². The van der Waals surface area contributed by atoms with Crippen molar-refractivity contribution in [3.05, 3.63) is 17.5 Å². The SMILES string of the molecule is O=C1N(CCC2CCCCC2)CCC[C@@]1(O)CN1CCc2[nH]ncc2C1. The Balaban J connectivity index is 1.34. The molecule has 1 aromatic rings. The number of carbonyl (C=O) groups excluding carboxylic acids is 1. The Kier molecular flexibility index (Phi) is 5.32. The monoisotopic (exact) mass is 360 g/mol. The van der Waals surface area contributed by atoms with Crippen molar-refractivity contribution in [2.45, 2.75) is 69.9 Å². The highest BCUT2D eigenvalue weighted by atomic mass is 16.3. The van der Waals surface area contributed by atoms with Crippen molar-refractivity contribution >= 4 is 5.91 Å². The van der Waals surface area contributed by atoms with E-state index in [2.05, 4.69) is 15.1 Å². The molecule has 1 amide bonds. The lowest BCUT2D eigenvalue weighted by atomic mass is 9.86. The molecular weight excluding hydrogens is 328 g/mol. The summed E-state index contributed by atoms with van der Waals surface area (Å²) < 4.78 is 0. The maximum Gasteiger partial charge on any atom is 0.255 e. The molecule has 1 saturated heterocycles. The number of nitrogens with one attached hydrogen (secondary N) is 1. The number of aromatic amines is 1. The zero-order valence-electron chi connectivity index (χ0n) is 15.8. The molecule has 0 radical (unpaired) electrons. The summed E-state index contributed by atoms with van der Waals surface area (Å²) in [4.78, 5) is 17.2. The quantitative estimate of drug-likeness (QED) is 0.843. The van der Waals surface area contributed by atoms with Gasteiger partial charge in [-0.15, -0.1) is 0 Å². The number of piperidine rings is 1. The third kappa shape index (κ3) is 3.81. The molecule has 0 spiro atoms. The summed E-state index contributed by atoms with van der Waals surface area (Å²) in [6.07, 6.45) is 12.0. The van der Waals surface area contributed by atoms with Crippen LogP contribution in [0.4, 0.5) is 0 Å². The van der Waals surface area contributed by atoms with E-state index in [4.69, 9.17) is 0 Å². The molecule has 144 valence electrons. The molecule has 6 heteroatoms. The first-order chi connectivity index (χ1) is 12.6. The van der Waals surface area contributed by atoms with Crippen LogP contribution in [0.2, 0.25) is 0 Å². The minimum atomic E-state index is -1.22. The summed E-state index contributed by atoms with van der Waals surface area (Å²) in [7, 11) is 0.